The molecule has 11 heteroatoms. The first-order chi connectivity index (χ1) is 15.3. The smallest absolute Gasteiger partial charge is 0.333 e. The molecule has 3 atom stereocenters. The second-order valence-corrected chi connectivity index (χ2v) is 9.46. The summed E-state index contributed by atoms with van der Waals surface area (Å²) < 4.78 is 11.3. The van der Waals surface area contributed by atoms with Gasteiger partial charge in [0.1, 0.15) is 13.2 Å². The van der Waals surface area contributed by atoms with E-state index < -0.39 is 12.1 Å². The molecule has 0 unspecified atom stereocenters. The Bertz CT molecular complexity index is 1020. The number of fused-ring (bicyclic) bond motifs is 2. The minimum atomic E-state index is -0.917. The van der Waals surface area contributed by atoms with E-state index in [-0.39, 0.29) is 25.3 Å². The van der Waals surface area contributed by atoms with Crippen LogP contribution in [0.25, 0.3) is 5.57 Å². The highest BCUT2D eigenvalue weighted by molar-refractivity contribution is 7.14. The van der Waals surface area contributed by atoms with Crippen LogP contribution < -0.4 is 20.1 Å². The van der Waals surface area contributed by atoms with Crippen molar-refractivity contribution in [3.63, 3.8) is 0 Å². The standard InChI is InChI=1S/C21H23Cl2N3O5S/c1-10(27)11-4-14(22)19(15(23)5-11)30-2-3-31-21-25-9-17(32-21)13-6-12-7-24-8-16(26-12)18(13)20(28)29/h4-5,9-10,12,16,24,26-27H,2-3,6-8H2,1H3,(H,28,29)/t10-,12-,16-/m0/s1. The van der Waals surface area contributed by atoms with Crippen molar-refractivity contribution >= 4 is 46.1 Å². The molecule has 2 aromatic rings. The van der Waals surface area contributed by atoms with Crippen LogP contribution in [0.3, 0.4) is 0 Å². The maximum Gasteiger partial charge on any atom is 0.333 e. The topological polar surface area (TPSA) is 113 Å². The number of benzene rings is 1. The number of rotatable bonds is 8. The van der Waals surface area contributed by atoms with E-state index in [1.54, 1.807) is 25.3 Å². The van der Waals surface area contributed by atoms with E-state index in [1.807, 2.05) is 0 Å². The summed E-state index contributed by atoms with van der Waals surface area (Å²) in [4.78, 5) is 17.0. The van der Waals surface area contributed by atoms with E-state index in [0.717, 1.165) is 17.0 Å². The lowest BCUT2D eigenvalue weighted by atomic mass is 9.87. The zero-order valence-corrected chi connectivity index (χ0v) is 19.6. The van der Waals surface area contributed by atoms with Crippen LogP contribution in [0.5, 0.6) is 10.9 Å². The predicted octanol–water partition coefficient (Wildman–Crippen LogP) is 3.13. The van der Waals surface area contributed by atoms with Crippen molar-refractivity contribution in [3.8, 4) is 10.9 Å². The second kappa shape index (κ2) is 9.94. The number of thiazole rings is 1. The van der Waals surface area contributed by atoms with Gasteiger partial charge in [-0.2, -0.15) is 0 Å². The first-order valence-corrected chi connectivity index (χ1v) is 11.7. The van der Waals surface area contributed by atoms with Crippen molar-refractivity contribution < 1.29 is 24.5 Å². The van der Waals surface area contributed by atoms with Crippen molar-refractivity contribution in [2.24, 2.45) is 0 Å². The van der Waals surface area contributed by atoms with Crippen molar-refractivity contribution in [1.29, 1.82) is 0 Å². The van der Waals surface area contributed by atoms with Gasteiger partial charge in [0.25, 0.3) is 5.19 Å². The van der Waals surface area contributed by atoms with Crippen molar-refractivity contribution in [3.05, 3.63) is 44.4 Å². The average Bonchev–Trinajstić information content (AvgIpc) is 3.20. The number of halogens is 2. The molecule has 1 saturated heterocycles. The Morgan fingerprint density at radius 2 is 2.00 bits per heavy atom. The van der Waals surface area contributed by atoms with E-state index in [9.17, 15) is 15.0 Å². The third kappa shape index (κ3) is 5.03. The van der Waals surface area contributed by atoms with Gasteiger partial charge < -0.3 is 30.3 Å². The molecule has 1 aromatic heterocycles. The molecule has 2 aliphatic heterocycles. The Hall–Kier alpha value is -1.88. The molecular weight excluding hydrogens is 477 g/mol. The molecule has 3 heterocycles. The lowest BCUT2D eigenvalue weighted by molar-refractivity contribution is -0.133. The molecule has 1 fully saturated rings. The van der Waals surface area contributed by atoms with Gasteiger partial charge in [0.15, 0.2) is 5.75 Å². The maximum absolute atomic E-state index is 11.9. The number of carboxylic acids is 1. The van der Waals surface area contributed by atoms with Crippen LogP contribution in [0, 0.1) is 0 Å². The summed E-state index contributed by atoms with van der Waals surface area (Å²) in [7, 11) is 0. The molecule has 32 heavy (non-hydrogen) atoms. The number of nitrogens with one attached hydrogen (secondary N) is 2. The highest BCUT2D eigenvalue weighted by atomic mass is 35.5. The van der Waals surface area contributed by atoms with Gasteiger partial charge in [0.2, 0.25) is 0 Å². The summed E-state index contributed by atoms with van der Waals surface area (Å²) in [6.45, 7) is 3.41. The number of nitrogens with zero attached hydrogens (tertiary/aromatic N) is 1. The Labute approximate surface area is 199 Å². The largest absolute Gasteiger partial charge is 0.487 e. The van der Waals surface area contributed by atoms with Crippen molar-refractivity contribution in [1.82, 2.24) is 15.6 Å². The normalized spacial score (nSPS) is 21.4. The molecule has 0 saturated carbocycles. The van der Waals surface area contributed by atoms with Gasteiger partial charge in [-0.3, -0.25) is 0 Å². The molecule has 0 aliphatic carbocycles. The zero-order valence-electron chi connectivity index (χ0n) is 17.2. The lowest BCUT2D eigenvalue weighted by Gasteiger charge is -2.38. The van der Waals surface area contributed by atoms with E-state index >= 15 is 0 Å². The van der Waals surface area contributed by atoms with Gasteiger partial charge in [-0.15, -0.1) is 0 Å². The van der Waals surface area contributed by atoms with Gasteiger partial charge in [-0.05, 0) is 36.6 Å². The number of aliphatic carboxylic acids is 1. The fraction of sp³-hybridized carbons (Fsp3) is 0.429. The maximum atomic E-state index is 11.9. The van der Waals surface area contributed by atoms with Gasteiger partial charge in [-0.1, -0.05) is 34.5 Å². The second-order valence-electron chi connectivity index (χ2n) is 7.65. The van der Waals surface area contributed by atoms with Crippen LogP contribution >= 0.6 is 34.5 Å². The molecule has 0 amide bonds. The number of carboxylic acid groups (broad SMARTS) is 1. The number of aliphatic hydroxyl groups excluding tert-OH is 1. The van der Waals surface area contributed by atoms with Crippen molar-refractivity contribution in [2.75, 3.05) is 26.3 Å². The monoisotopic (exact) mass is 499 g/mol. The Kier molecular flexibility index (Phi) is 7.24. The first-order valence-electron chi connectivity index (χ1n) is 10.2. The van der Waals surface area contributed by atoms with Gasteiger partial charge in [0.05, 0.1) is 32.6 Å². The van der Waals surface area contributed by atoms with Crippen molar-refractivity contribution in [2.45, 2.75) is 31.5 Å². The highest BCUT2D eigenvalue weighted by Gasteiger charge is 2.36. The summed E-state index contributed by atoms with van der Waals surface area (Å²) in [6.07, 6.45) is 1.60. The van der Waals surface area contributed by atoms with Crippen LogP contribution in [0.4, 0.5) is 0 Å². The Morgan fingerprint density at radius 3 is 2.69 bits per heavy atom. The van der Waals surface area contributed by atoms with Gasteiger partial charge >= 0.3 is 5.97 Å². The fourth-order valence-corrected chi connectivity index (χ4v) is 5.37. The molecular formula is C21H23Cl2N3O5S. The molecule has 8 nitrogen and oxygen atoms in total. The zero-order chi connectivity index (χ0) is 22.8. The molecule has 4 N–H and O–H groups in total. The van der Waals surface area contributed by atoms with Gasteiger partial charge in [-0.25, -0.2) is 9.78 Å². The third-order valence-corrected chi connectivity index (χ3v) is 6.90. The molecule has 1 aromatic carbocycles. The number of piperazine rings is 1. The SMILES string of the molecule is C[C@H](O)c1cc(Cl)c(OCCOc2ncc(C3=C(C(=O)O)[C@@H]4CNC[C@H](C3)N4)s2)c(Cl)c1. The fourth-order valence-electron chi connectivity index (χ4n) is 3.89. The number of carbonyl (C=O) groups is 1. The predicted molar refractivity (Wildman–Crippen MR) is 123 cm³/mol. The number of hydrogen-bond acceptors (Lipinski definition) is 8. The quantitative estimate of drug-likeness (QED) is 0.409. The third-order valence-electron chi connectivity index (χ3n) is 5.37. The van der Waals surface area contributed by atoms with Crippen LogP contribution in [0.2, 0.25) is 10.0 Å². The Balaban J connectivity index is 1.39. The summed E-state index contributed by atoms with van der Waals surface area (Å²) in [5, 5.41) is 27.1. The Morgan fingerprint density at radius 1 is 1.28 bits per heavy atom. The first kappa shape index (κ1) is 23.3. The molecule has 0 radical (unpaired) electrons. The number of aliphatic hydroxyl groups is 1. The highest BCUT2D eigenvalue weighted by Crippen LogP contribution is 2.37. The molecule has 2 bridgehead atoms. The number of ether oxygens (including phenoxy) is 2. The number of aromatic nitrogens is 1. The van der Waals surface area contributed by atoms with E-state index in [2.05, 4.69) is 15.6 Å². The summed E-state index contributed by atoms with van der Waals surface area (Å²) >= 11 is 13.7. The van der Waals surface area contributed by atoms with Crippen LogP contribution in [0.1, 0.15) is 29.9 Å². The van der Waals surface area contributed by atoms with Crippen LogP contribution in [-0.2, 0) is 4.79 Å². The minimum absolute atomic E-state index is 0.186. The lowest BCUT2D eigenvalue weighted by Crippen LogP contribution is -2.58. The van der Waals surface area contributed by atoms with E-state index in [0.29, 0.717) is 45.1 Å². The minimum Gasteiger partial charge on any atom is -0.487 e. The van der Waals surface area contributed by atoms with E-state index in [4.69, 9.17) is 32.7 Å². The number of hydrogen-bond donors (Lipinski definition) is 4. The molecule has 0 spiro atoms. The van der Waals surface area contributed by atoms with E-state index in [1.165, 1.54) is 11.3 Å². The summed E-state index contributed by atoms with van der Waals surface area (Å²) in [5.74, 6) is -0.591. The van der Waals surface area contributed by atoms with Gasteiger partial charge in [0, 0.05) is 25.3 Å². The average molecular weight is 500 g/mol. The molecule has 2 aliphatic rings. The molecule has 172 valence electrons. The summed E-state index contributed by atoms with van der Waals surface area (Å²) in [6, 6.07) is 3.20. The van der Waals surface area contributed by atoms with Crippen LogP contribution in [0.15, 0.2) is 23.9 Å². The molecule has 4 rings (SSSR count). The van der Waals surface area contributed by atoms with Crippen LogP contribution in [-0.4, -0.2) is 59.6 Å². The summed E-state index contributed by atoms with van der Waals surface area (Å²) in [5.41, 5.74) is 1.80.